The van der Waals surface area contributed by atoms with Crippen molar-refractivity contribution in [1.29, 1.82) is 0 Å². The predicted molar refractivity (Wildman–Crippen MR) is 74.2 cm³/mol. The summed E-state index contributed by atoms with van der Waals surface area (Å²) in [7, 11) is 5.58. The predicted octanol–water partition coefficient (Wildman–Crippen LogP) is 1.91. The summed E-state index contributed by atoms with van der Waals surface area (Å²) in [5.41, 5.74) is 1.74. The Kier molecular flexibility index (Phi) is 5.16. The van der Waals surface area contributed by atoms with E-state index in [9.17, 15) is 4.79 Å². The molecule has 100 valence electrons. The van der Waals surface area contributed by atoms with Crippen LogP contribution in [-0.4, -0.2) is 39.3 Å². The molecule has 0 heterocycles. The highest BCUT2D eigenvalue weighted by molar-refractivity contribution is 5.94. The molecule has 4 heteroatoms. The first-order chi connectivity index (χ1) is 8.45. The second kappa shape index (κ2) is 6.40. The Bertz CT molecular complexity index is 387. The molecule has 0 aromatic heterocycles. The Balaban J connectivity index is 2.67. The molecule has 1 aromatic rings. The van der Waals surface area contributed by atoms with E-state index < -0.39 is 0 Å². The van der Waals surface area contributed by atoms with Crippen molar-refractivity contribution in [1.82, 2.24) is 5.32 Å². The zero-order chi connectivity index (χ0) is 13.7. The molecule has 0 bridgehead atoms. The molecular formula is C14H22N2O2. The summed E-state index contributed by atoms with van der Waals surface area (Å²) in [6.07, 6.45) is -0.00463. The molecule has 0 spiro atoms. The fourth-order valence-corrected chi connectivity index (χ4v) is 1.52. The van der Waals surface area contributed by atoms with Crippen LogP contribution in [0.15, 0.2) is 24.3 Å². The maximum absolute atomic E-state index is 12.0. The number of carbonyl (C=O) groups is 1. The Morgan fingerprint density at radius 3 is 2.22 bits per heavy atom. The smallest absolute Gasteiger partial charge is 0.251 e. The molecule has 4 nitrogen and oxygen atoms in total. The first-order valence-electron chi connectivity index (χ1n) is 6.06. The topological polar surface area (TPSA) is 41.6 Å². The van der Waals surface area contributed by atoms with Crippen molar-refractivity contribution < 1.29 is 9.53 Å². The first kappa shape index (κ1) is 14.5. The number of benzene rings is 1. The van der Waals surface area contributed by atoms with Gasteiger partial charge in [-0.1, -0.05) is 0 Å². The van der Waals surface area contributed by atoms with Gasteiger partial charge in [0.2, 0.25) is 0 Å². The van der Waals surface area contributed by atoms with E-state index in [1.807, 2.05) is 57.1 Å². The lowest BCUT2D eigenvalue weighted by Crippen LogP contribution is -2.40. The monoisotopic (exact) mass is 250 g/mol. The summed E-state index contributed by atoms with van der Waals surface area (Å²) < 4.78 is 5.18. The molecule has 1 amide bonds. The number of methoxy groups -OCH3 is 1. The number of nitrogens with zero attached hydrogens (tertiary/aromatic N) is 1. The van der Waals surface area contributed by atoms with E-state index in [-0.39, 0.29) is 18.1 Å². The SMILES string of the molecule is COC(C)[C@H](C)NC(=O)c1ccc(N(C)C)cc1. The van der Waals surface area contributed by atoms with Crippen LogP contribution in [0.2, 0.25) is 0 Å². The minimum absolute atomic E-state index is 0.00463. The van der Waals surface area contributed by atoms with Crippen molar-refractivity contribution >= 4 is 11.6 Å². The van der Waals surface area contributed by atoms with Gasteiger partial charge in [0, 0.05) is 32.5 Å². The summed E-state index contributed by atoms with van der Waals surface area (Å²) in [4.78, 5) is 14.0. The Morgan fingerprint density at radius 1 is 1.22 bits per heavy atom. The van der Waals surface area contributed by atoms with E-state index in [4.69, 9.17) is 4.74 Å². The van der Waals surface area contributed by atoms with Crippen LogP contribution in [0.25, 0.3) is 0 Å². The van der Waals surface area contributed by atoms with Crippen LogP contribution in [0.5, 0.6) is 0 Å². The van der Waals surface area contributed by atoms with Gasteiger partial charge in [-0.2, -0.15) is 0 Å². The van der Waals surface area contributed by atoms with Gasteiger partial charge in [0.25, 0.3) is 5.91 Å². The molecular weight excluding hydrogens is 228 g/mol. The third-order valence-corrected chi connectivity index (χ3v) is 3.08. The van der Waals surface area contributed by atoms with Crippen LogP contribution in [-0.2, 0) is 4.74 Å². The zero-order valence-corrected chi connectivity index (χ0v) is 11.7. The molecule has 1 N–H and O–H groups in total. The largest absolute Gasteiger partial charge is 0.380 e. The second-order valence-electron chi connectivity index (χ2n) is 4.64. The minimum Gasteiger partial charge on any atom is -0.380 e. The number of rotatable bonds is 5. The molecule has 0 saturated carbocycles. The lowest BCUT2D eigenvalue weighted by Gasteiger charge is -2.20. The van der Waals surface area contributed by atoms with Gasteiger partial charge in [-0.05, 0) is 38.1 Å². The minimum atomic E-state index is -0.0725. The maximum atomic E-state index is 12.0. The van der Waals surface area contributed by atoms with Gasteiger partial charge in [0.1, 0.15) is 0 Å². The summed E-state index contributed by atoms with van der Waals surface area (Å²) in [6, 6.07) is 7.50. The molecule has 0 aliphatic rings. The van der Waals surface area contributed by atoms with Gasteiger partial charge in [0.05, 0.1) is 12.1 Å². The maximum Gasteiger partial charge on any atom is 0.251 e. The second-order valence-corrected chi connectivity index (χ2v) is 4.64. The average molecular weight is 250 g/mol. The van der Waals surface area contributed by atoms with Crippen LogP contribution in [0.4, 0.5) is 5.69 Å². The van der Waals surface area contributed by atoms with Crippen molar-refractivity contribution in [2.45, 2.75) is 26.0 Å². The molecule has 1 rings (SSSR count). The van der Waals surface area contributed by atoms with Crippen LogP contribution in [0.1, 0.15) is 24.2 Å². The lowest BCUT2D eigenvalue weighted by atomic mass is 10.1. The normalized spacial score (nSPS) is 13.8. The highest BCUT2D eigenvalue weighted by Crippen LogP contribution is 2.12. The molecule has 1 aromatic carbocycles. The molecule has 1 unspecified atom stereocenters. The van der Waals surface area contributed by atoms with E-state index in [1.165, 1.54) is 0 Å². The van der Waals surface area contributed by atoms with E-state index >= 15 is 0 Å². The molecule has 18 heavy (non-hydrogen) atoms. The Hall–Kier alpha value is -1.55. The van der Waals surface area contributed by atoms with Crippen molar-refractivity contribution in [3.05, 3.63) is 29.8 Å². The van der Waals surface area contributed by atoms with Crippen molar-refractivity contribution in [3.8, 4) is 0 Å². The van der Waals surface area contributed by atoms with Gasteiger partial charge in [0.15, 0.2) is 0 Å². The van der Waals surface area contributed by atoms with Crippen molar-refractivity contribution in [2.24, 2.45) is 0 Å². The Morgan fingerprint density at radius 2 is 1.78 bits per heavy atom. The van der Waals surface area contributed by atoms with E-state index in [0.717, 1.165) is 5.69 Å². The van der Waals surface area contributed by atoms with Gasteiger partial charge in [-0.25, -0.2) is 0 Å². The van der Waals surface area contributed by atoms with Gasteiger partial charge >= 0.3 is 0 Å². The third kappa shape index (κ3) is 3.74. The molecule has 2 atom stereocenters. The van der Waals surface area contributed by atoms with Crippen LogP contribution >= 0.6 is 0 Å². The number of carbonyl (C=O) groups excluding carboxylic acids is 1. The number of hydrogen-bond donors (Lipinski definition) is 1. The average Bonchev–Trinajstić information content (AvgIpc) is 2.37. The molecule has 0 aliphatic carbocycles. The first-order valence-corrected chi connectivity index (χ1v) is 6.06. The number of hydrogen-bond acceptors (Lipinski definition) is 3. The van der Waals surface area contributed by atoms with Crippen LogP contribution in [0, 0.1) is 0 Å². The van der Waals surface area contributed by atoms with E-state index in [1.54, 1.807) is 7.11 Å². The van der Waals surface area contributed by atoms with Crippen molar-refractivity contribution in [3.63, 3.8) is 0 Å². The van der Waals surface area contributed by atoms with Crippen LogP contribution in [0.3, 0.4) is 0 Å². The highest BCUT2D eigenvalue weighted by atomic mass is 16.5. The lowest BCUT2D eigenvalue weighted by molar-refractivity contribution is 0.0735. The number of nitrogens with one attached hydrogen (secondary N) is 1. The summed E-state index contributed by atoms with van der Waals surface area (Å²) in [5, 5.41) is 2.92. The fraction of sp³-hybridized carbons (Fsp3) is 0.500. The number of anilines is 1. The number of ether oxygens (including phenoxy) is 1. The van der Waals surface area contributed by atoms with Crippen LogP contribution < -0.4 is 10.2 Å². The zero-order valence-electron chi connectivity index (χ0n) is 11.7. The summed E-state index contributed by atoms with van der Waals surface area (Å²) >= 11 is 0. The quantitative estimate of drug-likeness (QED) is 0.868. The molecule has 0 saturated heterocycles. The molecule has 0 radical (unpaired) electrons. The highest BCUT2D eigenvalue weighted by Gasteiger charge is 2.15. The van der Waals surface area contributed by atoms with Gasteiger partial charge < -0.3 is 15.0 Å². The summed E-state index contributed by atoms with van der Waals surface area (Å²) in [6.45, 7) is 3.86. The van der Waals surface area contributed by atoms with Gasteiger partial charge in [-0.3, -0.25) is 4.79 Å². The molecule has 0 aliphatic heterocycles. The fourth-order valence-electron chi connectivity index (χ4n) is 1.52. The van der Waals surface area contributed by atoms with E-state index in [2.05, 4.69) is 5.32 Å². The Labute approximate surface area is 109 Å². The third-order valence-electron chi connectivity index (χ3n) is 3.08. The standard InChI is InChI=1S/C14H22N2O2/c1-10(11(2)18-5)15-14(17)12-6-8-13(9-7-12)16(3)4/h6-11H,1-5H3,(H,15,17)/t10-,11?/m0/s1. The van der Waals surface area contributed by atoms with Crippen molar-refractivity contribution in [2.75, 3.05) is 26.1 Å². The number of amides is 1. The van der Waals surface area contributed by atoms with E-state index in [0.29, 0.717) is 5.56 Å². The van der Waals surface area contributed by atoms with Gasteiger partial charge in [-0.15, -0.1) is 0 Å². The molecule has 0 fully saturated rings. The summed E-state index contributed by atoms with van der Waals surface area (Å²) in [5.74, 6) is -0.0725.